The Balaban J connectivity index is 1.73. The van der Waals surface area contributed by atoms with E-state index in [1.54, 1.807) is 10.6 Å². The van der Waals surface area contributed by atoms with E-state index in [1.165, 1.54) is 18.9 Å². The smallest absolute Gasteiger partial charge is 0.276 e. The summed E-state index contributed by atoms with van der Waals surface area (Å²) in [5.41, 5.74) is 3.82. The van der Waals surface area contributed by atoms with Crippen molar-refractivity contribution in [2.24, 2.45) is 5.92 Å². The van der Waals surface area contributed by atoms with Crippen molar-refractivity contribution >= 4 is 5.91 Å². The lowest BCUT2D eigenvalue weighted by atomic mass is 10.1. The average Bonchev–Trinajstić information content (AvgIpc) is 3.04. The van der Waals surface area contributed by atoms with Crippen LogP contribution in [0.5, 0.6) is 0 Å². The minimum Gasteiger partial charge on any atom is -0.312 e. The fraction of sp³-hybridized carbons (Fsp3) is 0.538. The standard InChI is InChI=1S/C13H16N2O3/c16-12-6-5-10(11-2-1-7-15(11)12)13(17)14-18-8-9-3-4-9/h5-6,9H,1-4,7-8H2,(H,14,17). The van der Waals surface area contributed by atoms with Crippen LogP contribution in [-0.4, -0.2) is 17.1 Å². The molecule has 1 aromatic heterocycles. The first-order valence-electron chi connectivity index (χ1n) is 6.40. The number of hydrogen-bond acceptors (Lipinski definition) is 3. The Kier molecular flexibility index (Phi) is 2.91. The molecule has 1 aromatic rings. The Bertz CT molecular complexity index is 532. The number of nitrogens with zero attached hydrogens (tertiary/aromatic N) is 1. The fourth-order valence-electron chi connectivity index (χ4n) is 2.31. The molecule has 1 saturated carbocycles. The number of hydrogen-bond donors (Lipinski definition) is 1. The molecule has 2 aliphatic rings. The molecule has 0 saturated heterocycles. The molecular formula is C13H16N2O3. The first kappa shape index (κ1) is 11.5. The molecule has 1 aliphatic carbocycles. The van der Waals surface area contributed by atoms with Gasteiger partial charge in [0, 0.05) is 18.3 Å². The van der Waals surface area contributed by atoms with Crippen molar-refractivity contribution in [3.63, 3.8) is 0 Å². The summed E-state index contributed by atoms with van der Waals surface area (Å²) in [6.45, 7) is 1.29. The van der Waals surface area contributed by atoms with Gasteiger partial charge in [0.05, 0.1) is 12.2 Å². The van der Waals surface area contributed by atoms with E-state index < -0.39 is 0 Å². The van der Waals surface area contributed by atoms with Crippen LogP contribution in [0.4, 0.5) is 0 Å². The molecule has 0 unspecified atom stereocenters. The molecule has 1 amide bonds. The zero-order valence-electron chi connectivity index (χ0n) is 10.1. The predicted octanol–water partition coefficient (Wildman–Crippen LogP) is 0.866. The highest BCUT2D eigenvalue weighted by Gasteiger charge is 2.23. The highest BCUT2D eigenvalue weighted by molar-refractivity contribution is 5.94. The van der Waals surface area contributed by atoms with E-state index in [0.717, 1.165) is 18.5 Å². The normalized spacial score (nSPS) is 17.6. The van der Waals surface area contributed by atoms with E-state index >= 15 is 0 Å². The van der Waals surface area contributed by atoms with E-state index in [0.29, 0.717) is 24.6 Å². The zero-order valence-corrected chi connectivity index (χ0v) is 10.1. The van der Waals surface area contributed by atoms with E-state index in [9.17, 15) is 9.59 Å². The largest absolute Gasteiger partial charge is 0.312 e. The summed E-state index contributed by atoms with van der Waals surface area (Å²) in [4.78, 5) is 28.7. The van der Waals surface area contributed by atoms with Crippen molar-refractivity contribution in [1.29, 1.82) is 0 Å². The second-order valence-corrected chi connectivity index (χ2v) is 4.97. The lowest BCUT2D eigenvalue weighted by molar-refractivity contribution is 0.0269. The first-order chi connectivity index (χ1) is 8.75. The Labute approximate surface area is 105 Å². The van der Waals surface area contributed by atoms with Crippen LogP contribution in [-0.2, 0) is 17.8 Å². The molecule has 5 nitrogen and oxygen atoms in total. The van der Waals surface area contributed by atoms with E-state index in [1.807, 2.05) is 0 Å². The van der Waals surface area contributed by atoms with Gasteiger partial charge in [0.15, 0.2) is 0 Å². The number of amides is 1. The van der Waals surface area contributed by atoms with E-state index in [4.69, 9.17) is 4.84 Å². The van der Waals surface area contributed by atoms with Gasteiger partial charge in [-0.05, 0) is 37.7 Å². The van der Waals surface area contributed by atoms with Gasteiger partial charge in [-0.15, -0.1) is 0 Å². The summed E-state index contributed by atoms with van der Waals surface area (Å²) in [5, 5.41) is 0. The van der Waals surface area contributed by atoms with Gasteiger partial charge in [-0.25, -0.2) is 5.48 Å². The molecular weight excluding hydrogens is 232 g/mol. The summed E-state index contributed by atoms with van der Waals surface area (Å²) >= 11 is 0. The first-order valence-corrected chi connectivity index (χ1v) is 6.40. The van der Waals surface area contributed by atoms with Crippen LogP contribution in [0.25, 0.3) is 0 Å². The molecule has 18 heavy (non-hydrogen) atoms. The topological polar surface area (TPSA) is 60.3 Å². The van der Waals surface area contributed by atoms with Gasteiger partial charge in [0.2, 0.25) is 0 Å². The quantitative estimate of drug-likeness (QED) is 0.804. The molecule has 0 atom stereocenters. The third-order valence-electron chi connectivity index (χ3n) is 3.52. The van der Waals surface area contributed by atoms with Crippen molar-refractivity contribution in [3.05, 3.63) is 33.7 Å². The third kappa shape index (κ3) is 2.18. The van der Waals surface area contributed by atoms with Crippen molar-refractivity contribution in [2.45, 2.75) is 32.2 Å². The van der Waals surface area contributed by atoms with E-state index in [2.05, 4.69) is 5.48 Å². The molecule has 0 radical (unpaired) electrons. The van der Waals surface area contributed by atoms with Crippen LogP contribution in [0, 0.1) is 5.92 Å². The zero-order chi connectivity index (χ0) is 12.5. The van der Waals surface area contributed by atoms with Crippen LogP contribution >= 0.6 is 0 Å². The Hall–Kier alpha value is -1.62. The van der Waals surface area contributed by atoms with Crippen LogP contribution in [0.3, 0.4) is 0 Å². The molecule has 0 spiro atoms. The van der Waals surface area contributed by atoms with Crippen LogP contribution in [0.1, 0.15) is 35.3 Å². The predicted molar refractivity (Wildman–Crippen MR) is 65.2 cm³/mol. The van der Waals surface area contributed by atoms with Crippen molar-refractivity contribution in [2.75, 3.05) is 6.61 Å². The monoisotopic (exact) mass is 248 g/mol. The minimum absolute atomic E-state index is 0.0297. The van der Waals surface area contributed by atoms with E-state index in [-0.39, 0.29) is 11.5 Å². The highest BCUT2D eigenvalue weighted by Crippen LogP contribution is 2.28. The van der Waals surface area contributed by atoms with Gasteiger partial charge in [0.1, 0.15) is 0 Å². The van der Waals surface area contributed by atoms with Crippen LogP contribution in [0.15, 0.2) is 16.9 Å². The van der Waals surface area contributed by atoms with Crippen LogP contribution in [0.2, 0.25) is 0 Å². The molecule has 1 fully saturated rings. The summed E-state index contributed by atoms with van der Waals surface area (Å²) in [6, 6.07) is 3.04. The van der Waals surface area contributed by atoms with Crippen molar-refractivity contribution < 1.29 is 9.63 Å². The van der Waals surface area contributed by atoms with Gasteiger partial charge in [-0.2, -0.15) is 0 Å². The molecule has 96 valence electrons. The number of fused-ring (bicyclic) bond motifs is 1. The number of hydroxylamine groups is 1. The number of rotatable bonds is 4. The lowest BCUT2D eigenvalue weighted by Gasteiger charge is -2.09. The number of carbonyl (C=O) groups is 1. The maximum atomic E-state index is 12.0. The average molecular weight is 248 g/mol. The van der Waals surface area contributed by atoms with Crippen molar-refractivity contribution in [1.82, 2.24) is 10.0 Å². The third-order valence-corrected chi connectivity index (χ3v) is 3.52. The van der Waals surface area contributed by atoms with Gasteiger partial charge >= 0.3 is 0 Å². The van der Waals surface area contributed by atoms with Gasteiger partial charge in [-0.1, -0.05) is 0 Å². The molecule has 1 aliphatic heterocycles. The van der Waals surface area contributed by atoms with Crippen molar-refractivity contribution in [3.8, 4) is 0 Å². The summed E-state index contributed by atoms with van der Waals surface area (Å²) < 4.78 is 1.68. The highest BCUT2D eigenvalue weighted by atomic mass is 16.7. The minimum atomic E-state index is -0.249. The SMILES string of the molecule is O=C(NOCC1CC1)c1ccc(=O)n2c1CCC2. The second-order valence-electron chi connectivity index (χ2n) is 4.97. The molecule has 1 N–H and O–H groups in total. The molecule has 0 bridgehead atoms. The Morgan fingerprint density at radius 1 is 1.44 bits per heavy atom. The molecule has 3 rings (SSSR count). The molecule has 0 aromatic carbocycles. The Morgan fingerprint density at radius 3 is 3.06 bits per heavy atom. The Morgan fingerprint density at radius 2 is 2.28 bits per heavy atom. The second kappa shape index (κ2) is 4.57. The van der Waals surface area contributed by atoms with Crippen LogP contribution < -0.4 is 11.0 Å². The number of aromatic nitrogens is 1. The maximum Gasteiger partial charge on any atom is 0.276 e. The lowest BCUT2D eigenvalue weighted by Crippen LogP contribution is -2.28. The maximum absolute atomic E-state index is 12.0. The summed E-state index contributed by atoms with van der Waals surface area (Å²) in [7, 11) is 0. The van der Waals surface area contributed by atoms with Gasteiger partial charge < -0.3 is 4.57 Å². The molecule has 5 heteroatoms. The van der Waals surface area contributed by atoms with Gasteiger partial charge in [0.25, 0.3) is 11.5 Å². The number of carbonyl (C=O) groups excluding carboxylic acids is 1. The fourth-order valence-corrected chi connectivity index (χ4v) is 2.31. The summed E-state index contributed by atoms with van der Waals surface area (Å²) in [6.07, 6.45) is 4.07. The number of nitrogens with one attached hydrogen (secondary N) is 1. The molecule has 2 heterocycles. The van der Waals surface area contributed by atoms with Gasteiger partial charge in [-0.3, -0.25) is 14.4 Å². The number of pyridine rings is 1. The summed E-state index contributed by atoms with van der Waals surface area (Å²) in [5.74, 6) is 0.357.